The van der Waals surface area contributed by atoms with Crippen molar-refractivity contribution in [2.24, 2.45) is 0 Å². The zero-order valence-electron chi connectivity index (χ0n) is 18.3. The van der Waals surface area contributed by atoms with Gasteiger partial charge in [0.1, 0.15) is 0 Å². The van der Waals surface area contributed by atoms with Gasteiger partial charge in [-0.05, 0) is 81.9 Å². The first-order valence-electron chi connectivity index (χ1n) is 11.0. The summed E-state index contributed by atoms with van der Waals surface area (Å²) in [5, 5.41) is 1.24. The topological polar surface area (TPSA) is 4.93 Å². The third-order valence-electron chi connectivity index (χ3n) is 6.90. The normalized spacial score (nSPS) is 13.5. The van der Waals surface area contributed by atoms with Crippen molar-refractivity contribution in [3.8, 4) is 40.3 Å². The number of nitrogens with zero attached hydrogens (tertiary/aromatic N) is 1. The lowest BCUT2D eigenvalue weighted by molar-refractivity contribution is 0.660. The summed E-state index contributed by atoms with van der Waals surface area (Å²) in [7, 11) is 0. The zero-order valence-corrected chi connectivity index (χ0v) is 18.3. The maximum atomic E-state index is 5.67. The summed E-state index contributed by atoms with van der Waals surface area (Å²) in [4.78, 5) is 0. The van der Waals surface area contributed by atoms with Gasteiger partial charge in [-0.2, -0.15) is 0 Å². The van der Waals surface area contributed by atoms with Gasteiger partial charge in [-0.15, -0.1) is 6.42 Å². The molecule has 4 aromatic carbocycles. The number of rotatable bonds is 2. The zero-order chi connectivity index (χ0) is 21.9. The summed E-state index contributed by atoms with van der Waals surface area (Å²) in [5.41, 5.74) is 11.0. The number of benzene rings is 4. The Hall–Kier alpha value is -4.02. The van der Waals surface area contributed by atoms with E-state index in [4.69, 9.17) is 6.42 Å². The van der Waals surface area contributed by atoms with Gasteiger partial charge in [0.05, 0.1) is 5.52 Å². The molecule has 5 aromatic rings. The number of para-hydroxylation sites is 1. The molecule has 0 saturated carbocycles. The minimum Gasteiger partial charge on any atom is -0.317 e. The third-order valence-corrected chi connectivity index (χ3v) is 6.90. The van der Waals surface area contributed by atoms with E-state index in [1.165, 1.54) is 50.0 Å². The van der Waals surface area contributed by atoms with E-state index < -0.39 is 0 Å². The molecular formula is C31H23N. The maximum Gasteiger partial charge on any atom is 0.0528 e. The van der Waals surface area contributed by atoms with Crippen LogP contribution in [0.15, 0.2) is 97.2 Å². The molecule has 1 heteroatoms. The van der Waals surface area contributed by atoms with Crippen molar-refractivity contribution in [1.82, 2.24) is 4.57 Å². The van der Waals surface area contributed by atoms with E-state index >= 15 is 0 Å². The van der Waals surface area contributed by atoms with Gasteiger partial charge in [0, 0.05) is 28.2 Å². The Labute approximate surface area is 189 Å². The average molecular weight is 410 g/mol. The van der Waals surface area contributed by atoms with Crippen molar-refractivity contribution in [2.45, 2.75) is 19.3 Å². The van der Waals surface area contributed by atoms with E-state index in [2.05, 4.69) is 109 Å². The second kappa shape index (κ2) is 6.74. The standard InChI is InChI=1S/C31H23N/c1-4-21-10-13-26-27-14-11-23(20-29(27)31(2,3)28(26)18-21)22-12-15-30-24(19-22)16-17-32(30)25-8-6-5-7-9-25/h1,5-20H,2-3H3. The quantitative estimate of drug-likeness (QED) is 0.265. The minimum atomic E-state index is -0.0751. The molecule has 1 aliphatic rings. The van der Waals surface area contributed by atoms with Crippen LogP contribution in [0.3, 0.4) is 0 Å². The van der Waals surface area contributed by atoms with Crippen LogP contribution in [0.4, 0.5) is 0 Å². The highest BCUT2D eigenvalue weighted by Crippen LogP contribution is 2.49. The first-order valence-corrected chi connectivity index (χ1v) is 11.0. The monoisotopic (exact) mass is 409 g/mol. The van der Waals surface area contributed by atoms with E-state index in [0.29, 0.717) is 0 Å². The molecule has 0 atom stereocenters. The summed E-state index contributed by atoms with van der Waals surface area (Å²) in [5.74, 6) is 2.79. The van der Waals surface area contributed by atoms with E-state index in [-0.39, 0.29) is 5.41 Å². The second-order valence-corrected chi connectivity index (χ2v) is 9.08. The van der Waals surface area contributed by atoms with Crippen LogP contribution in [-0.2, 0) is 5.41 Å². The molecule has 6 rings (SSSR count). The molecule has 0 saturated heterocycles. The average Bonchev–Trinajstić information content (AvgIpc) is 3.35. The highest BCUT2D eigenvalue weighted by atomic mass is 15.0. The first kappa shape index (κ1) is 18.7. The van der Waals surface area contributed by atoms with Crippen LogP contribution >= 0.6 is 0 Å². The molecule has 1 aromatic heterocycles. The van der Waals surface area contributed by atoms with Gasteiger partial charge in [-0.3, -0.25) is 0 Å². The van der Waals surface area contributed by atoms with Gasteiger partial charge in [0.25, 0.3) is 0 Å². The summed E-state index contributed by atoms with van der Waals surface area (Å²) in [6.07, 6.45) is 7.82. The smallest absolute Gasteiger partial charge is 0.0528 e. The van der Waals surface area contributed by atoms with Gasteiger partial charge < -0.3 is 4.57 Å². The lowest BCUT2D eigenvalue weighted by Crippen LogP contribution is -2.15. The van der Waals surface area contributed by atoms with Crippen molar-refractivity contribution in [1.29, 1.82) is 0 Å². The number of hydrogen-bond donors (Lipinski definition) is 0. The Bertz CT molecular complexity index is 1540. The number of aromatic nitrogens is 1. The highest BCUT2D eigenvalue weighted by Gasteiger charge is 2.35. The second-order valence-electron chi connectivity index (χ2n) is 9.08. The lowest BCUT2D eigenvalue weighted by atomic mass is 9.81. The van der Waals surface area contributed by atoms with Crippen LogP contribution in [0, 0.1) is 12.3 Å². The minimum absolute atomic E-state index is 0.0751. The molecule has 0 N–H and O–H groups in total. The molecule has 152 valence electrons. The maximum absolute atomic E-state index is 5.67. The van der Waals surface area contributed by atoms with Crippen molar-refractivity contribution < 1.29 is 0 Å². The Balaban J connectivity index is 1.45. The molecular weight excluding hydrogens is 386 g/mol. The number of terminal acetylenes is 1. The largest absolute Gasteiger partial charge is 0.317 e. The molecule has 0 bridgehead atoms. The van der Waals surface area contributed by atoms with Gasteiger partial charge in [-0.25, -0.2) is 0 Å². The summed E-state index contributed by atoms with van der Waals surface area (Å²) in [6.45, 7) is 4.59. The van der Waals surface area contributed by atoms with Crippen LogP contribution in [-0.4, -0.2) is 4.57 Å². The fourth-order valence-electron chi connectivity index (χ4n) is 5.14. The Morgan fingerprint density at radius 1 is 0.719 bits per heavy atom. The number of hydrogen-bond acceptors (Lipinski definition) is 0. The van der Waals surface area contributed by atoms with Crippen LogP contribution in [0.5, 0.6) is 0 Å². The Kier molecular flexibility index (Phi) is 3.94. The van der Waals surface area contributed by atoms with E-state index in [9.17, 15) is 0 Å². The molecule has 0 amide bonds. The Morgan fingerprint density at radius 3 is 2.19 bits per heavy atom. The SMILES string of the molecule is C#Cc1ccc2c(c1)C(C)(C)c1cc(-c3ccc4c(ccn4-c4ccccc4)c3)ccc1-2. The molecule has 0 fully saturated rings. The predicted molar refractivity (Wildman–Crippen MR) is 134 cm³/mol. The molecule has 32 heavy (non-hydrogen) atoms. The third kappa shape index (κ3) is 2.67. The molecule has 0 spiro atoms. The van der Waals surface area contributed by atoms with Crippen molar-refractivity contribution in [3.05, 3.63) is 114 Å². The van der Waals surface area contributed by atoms with Gasteiger partial charge in [-0.1, -0.05) is 62.2 Å². The fraction of sp³-hybridized carbons (Fsp3) is 0.0968. The van der Waals surface area contributed by atoms with Crippen LogP contribution < -0.4 is 0 Å². The van der Waals surface area contributed by atoms with Crippen LogP contribution in [0.2, 0.25) is 0 Å². The first-order chi connectivity index (χ1) is 15.6. The van der Waals surface area contributed by atoms with E-state index in [1.54, 1.807) is 0 Å². The van der Waals surface area contributed by atoms with E-state index in [1.807, 2.05) is 12.1 Å². The molecule has 1 aliphatic carbocycles. The van der Waals surface area contributed by atoms with Gasteiger partial charge in [0.15, 0.2) is 0 Å². The molecule has 0 aliphatic heterocycles. The number of fused-ring (bicyclic) bond motifs is 4. The Morgan fingerprint density at radius 2 is 1.41 bits per heavy atom. The fourth-order valence-corrected chi connectivity index (χ4v) is 5.14. The van der Waals surface area contributed by atoms with Gasteiger partial charge >= 0.3 is 0 Å². The molecule has 1 nitrogen and oxygen atoms in total. The highest BCUT2D eigenvalue weighted by molar-refractivity contribution is 5.89. The van der Waals surface area contributed by atoms with E-state index in [0.717, 1.165) is 5.56 Å². The van der Waals surface area contributed by atoms with Crippen LogP contribution in [0.25, 0.3) is 38.8 Å². The van der Waals surface area contributed by atoms with Gasteiger partial charge in [0.2, 0.25) is 0 Å². The molecule has 0 unspecified atom stereocenters. The predicted octanol–water partition coefficient (Wildman–Crippen LogP) is 7.59. The van der Waals surface area contributed by atoms with Crippen LogP contribution in [0.1, 0.15) is 30.5 Å². The summed E-state index contributed by atoms with van der Waals surface area (Å²) >= 11 is 0. The summed E-state index contributed by atoms with van der Waals surface area (Å²) < 4.78 is 2.24. The molecule has 1 heterocycles. The molecule has 0 radical (unpaired) electrons. The van der Waals surface area contributed by atoms with Crippen molar-refractivity contribution >= 4 is 10.9 Å². The van der Waals surface area contributed by atoms with Crippen molar-refractivity contribution in [3.63, 3.8) is 0 Å². The lowest BCUT2D eigenvalue weighted by Gasteiger charge is -2.22. The van der Waals surface area contributed by atoms with Crippen molar-refractivity contribution in [2.75, 3.05) is 0 Å². The summed E-state index contributed by atoms with van der Waals surface area (Å²) in [6, 6.07) is 32.7.